The fraction of sp³-hybridized carbons (Fsp3) is 0.200. The first-order chi connectivity index (χ1) is 22.9. The lowest BCUT2D eigenvalue weighted by Crippen LogP contribution is -2.22. The first-order valence-corrected chi connectivity index (χ1v) is 15.9. The van der Waals surface area contributed by atoms with Crippen LogP contribution in [-0.4, -0.2) is 24.4 Å². The van der Waals surface area contributed by atoms with E-state index in [0.717, 1.165) is 47.9 Å². The Labute approximate surface area is 280 Å². The summed E-state index contributed by atoms with van der Waals surface area (Å²) in [6.07, 6.45) is 0.671. The van der Waals surface area contributed by atoms with Gasteiger partial charge in [-0.15, -0.1) is 0 Å². The van der Waals surface area contributed by atoms with Crippen LogP contribution < -0.4 is 21.3 Å². The molecule has 0 saturated carbocycles. The van der Waals surface area contributed by atoms with Crippen LogP contribution in [0.25, 0.3) is 0 Å². The van der Waals surface area contributed by atoms with Crippen molar-refractivity contribution in [1.82, 2.24) is 4.90 Å². The molecule has 0 heterocycles. The number of nitrogens with zero attached hydrogens (tertiary/aromatic N) is 1. The van der Waals surface area contributed by atoms with Crippen molar-refractivity contribution < 1.29 is 9.59 Å². The highest BCUT2D eigenvalue weighted by molar-refractivity contribution is 5.99. The van der Waals surface area contributed by atoms with Crippen LogP contribution in [0.15, 0.2) is 127 Å². The SMILES string of the molecule is CC.CNc1ccc(CN(Cc2ccccc2)Cc2ccc(NC(=O)Nc3ccc(C)cc3)cc2)cc1.Cc1ccc(NC=O)cc1. The topological polar surface area (TPSA) is 85.5 Å². The maximum absolute atomic E-state index is 12.3. The van der Waals surface area contributed by atoms with Gasteiger partial charge in [-0.25, -0.2) is 4.79 Å². The summed E-state index contributed by atoms with van der Waals surface area (Å²) in [6.45, 7) is 10.5. The molecule has 5 aromatic carbocycles. The Morgan fingerprint density at radius 3 is 1.36 bits per heavy atom. The number of carbonyl (C=O) groups is 2. The molecule has 5 rings (SSSR count). The van der Waals surface area contributed by atoms with E-state index in [0.29, 0.717) is 6.41 Å². The molecule has 0 saturated heterocycles. The third kappa shape index (κ3) is 13.2. The second-order valence-electron chi connectivity index (χ2n) is 10.8. The Morgan fingerprint density at radius 1 is 0.553 bits per heavy atom. The van der Waals surface area contributed by atoms with Crippen LogP contribution in [0.4, 0.5) is 27.5 Å². The van der Waals surface area contributed by atoms with E-state index in [1.165, 1.54) is 22.3 Å². The van der Waals surface area contributed by atoms with Gasteiger partial charge < -0.3 is 21.3 Å². The summed E-state index contributed by atoms with van der Waals surface area (Å²) in [6, 6.07) is 42.3. The highest BCUT2D eigenvalue weighted by Crippen LogP contribution is 2.18. The molecule has 7 heteroatoms. The molecule has 0 aliphatic heterocycles. The third-order valence-corrected chi connectivity index (χ3v) is 7.10. The maximum atomic E-state index is 12.3. The van der Waals surface area contributed by atoms with Gasteiger partial charge in [-0.3, -0.25) is 9.69 Å². The van der Waals surface area contributed by atoms with Crippen molar-refractivity contribution in [3.63, 3.8) is 0 Å². The minimum Gasteiger partial charge on any atom is -0.388 e. The zero-order chi connectivity index (χ0) is 33.9. The summed E-state index contributed by atoms with van der Waals surface area (Å²) < 4.78 is 0. The largest absolute Gasteiger partial charge is 0.388 e. The molecule has 0 radical (unpaired) electrons. The normalized spacial score (nSPS) is 10.0. The van der Waals surface area contributed by atoms with Crippen LogP contribution in [0.1, 0.15) is 41.7 Å². The Bertz CT molecular complexity index is 1600. The van der Waals surface area contributed by atoms with Gasteiger partial charge in [-0.2, -0.15) is 0 Å². The fourth-order valence-electron chi connectivity index (χ4n) is 4.64. The van der Waals surface area contributed by atoms with Crippen LogP contribution in [0, 0.1) is 13.8 Å². The second-order valence-corrected chi connectivity index (χ2v) is 10.8. The first kappa shape index (κ1) is 36.1. The van der Waals surface area contributed by atoms with Crippen molar-refractivity contribution in [1.29, 1.82) is 0 Å². The van der Waals surface area contributed by atoms with E-state index in [1.807, 2.05) is 101 Å². The van der Waals surface area contributed by atoms with Crippen LogP contribution in [0.5, 0.6) is 0 Å². The number of benzene rings is 5. The summed E-state index contributed by atoms with van der Waals surface area (Å²) >= 11 is 0. The van der Waals surface area contributed by atoms with Crippen LogP contribution in [0.3, 0.4) is 0 Å². The Hall–Kier alpha value is -5.40. The van der Waals surface area contributed by atoms with Crippen molar-refractivity contribution in [2.24, 2.45) is 0 Å². The molecule has 0 bridgehead atoms. The summed E-state index contributed by atoms with van der Waals surface area (Å²) in [7, 11) is 1.93. The molecule has 0 atom stereocenters. The Kier molecular flexibility index (Phi) is 15.3. The number of urea groups is 1. The second kappa shape index (κ2) is 19.9. The molecule has 0 spiro atoms. The first-order valence-electron chi connectivity index (χ1n) is 15.9. The molecule has 4 N–H and O–H groups in total. The number of anilines is 4. The average molecular weight is 630 g/mol. The predicted molar refractivity (Wildman–Crippen MR) is 198 cm³/mol. The molecule has 244 valence electrons. The van der Waals surface area contributed by atoms with Crippen molar-refractivity contribution in [3.8, 4) is 0 Å². The number of carbonyl (C=O) groups excluding carboxylic acids is 2. The van der Waals surface area contributed by atoms with Crippen molar-refractivity contribution in [3.05, 3.63) is 155 Å². The number of hydrogen-bond donors (Lipinski definition) is 4. The van der Waals surface area contributed by atoms with Crippen LogP contribution in [0.2, 0.25) is 0 Å². The van der Waals surface area contributed by atoms with E-state index in [1.54, 1.807) is 0 Å². The molecule has 47 heavy (non-hydrogen) atoms. The summed E-state index contributed by atoms with van der Waals surface area (Å²) in [5, 5.41) is 11.5. The van der Waals surface area contributed by atoms with Gasteiger partial charge in [0.2, 0.25) is 6.41 Å². The standard InChI is InChI=1S/C30H32N4O.C8H9NO.C2H6/c1-23-8-14-28(15-9-23)32-30(35)33-29-18-12-26(13-19-29)22-34(20-24-6-4-3-5-7-24)21-25-10-16-27(31-2)17-11-25;1-7-2-4-8(5-3-7)9-6-10;1-2/h3-19,31H,20-22H2,1-2H3,(H2,32,33,35);2-6H,1H3,(H,9,10);1-2H3. The van der Waals surface area contributed by atoms with E-state index in [4.69, 9.17) is 0 Å². The van der Waals surface area contributed by atoms with Gasteiger partial charge >= 0.3 is 6.03 Å². The summed E-state index contributed by atoms with van der Waals surface area (Å²) in [5.41, 5.74) is 9.56. The van der Waals surface area contributed by atoms with Gasteiger partial charge in [0.15, 0.2) is 0 Å². The molecule has 5 aromatic rings. The van der Waals surface area contributed by atoms with Gasteiger partial charge in [0, 0.05) is 49.4 Å². The number of amides is 3. The van der Waals surface area contributed by atoms with E-state index in [9.17, 15) is 9.59 Å². The van der Waals surface area contributed by atoms with E-state index < -0.39 is 0 Å². The lowest BCUT2D eigenvalue weighted by atomic mass is 10.1. The molecular weight excluding hydrogens is 582 g/mol. The predicted octanol–water partition coefficient (Wildman–Crippen LogP) is 9.47. The number of nitrogens with one attached hydrogen (secondary N) is 4. The highest BCUT2D eigenvalue weighted by atomic mass is 16.2. The number of rotatable bonds is 11. The molecule has 0 aliphatic rings. The van der Waals surface area contributed by atoms with E-state index in [-0.39, 0.29) is 6.03 Å². The number of hydrogen-bond acceptors (Lipinski definition) is 4. The lowest BCUT2D eigenvalue weighted by Gasteiger charge is -2.23. The maximum Gasteiger partial charge on any atom is 0.323 e. The quantitative estimate of drug-likeness (QED) is 0.110. The average Bonchev–Trinajstić information content (AvgIpc) is 3.10. The van der Waals surface area contributed by atoms with Crippen LogP contribution >= 0.6 is 0 Å². The molecule has 3 amide bonds. The van der Waals surface area contributed by atoms with Crippen molar-refractivity contribution in [2.45, 2.75) is 47.3 Å². The lowest BCUT2D eigenvalue weighted by molar-refractivity contribution is -0.105. The van der Waals surface area contributed by atoms with Gasteiger partial charge in [-0.05, 0) is 79.1 Å². The molecular formula is C40H47N5O2. The monoisotopic (exact) mass is 629 g/mol. The summed E-state index contributed by atoms with van der Waals surface area (Å²) in [5.74, 6) is 0. The molecule has 0 unspecified atom stereocenters. The van der Waals surface area contributed by atoms with Gasteiger partial charge in [0.05, 0.1) is 0 Å². The zero-order valence-corrected chi connectivity index (χ0v) is 28.1. The van der Waals surface area contributed by atoms with E-state index >= 15 is 0 Å². The Balaban J connectivity index is 0.000000424. The summed E-state index contributed by atoms with van der Waals surface area (Å²) in [4.78, 5) is 24.7. The van der Waals surface area contributed by atoms with Crippen molar-refractivity contribution in [2.75, 3.05) is 28.3 Å². The molecule has 7 nitrogen and oxygen atoms in total. The van der Waals surface area contributed by atoms with Gasteiger partial charge in [0.1, 0.15) is 0 Å². The van der Waals surface area contributed by atoms with Crippen LogP contribution in [-0.2, 0) is 24.4 Å². The zero-order valence-electron chi connectivity index (χ0n) is 28.1. The molecule has 0 aliphatic carbocycles. The molecule has 0 fully saturated rings. The minimum absolute atomic E-state index is 0.252. The number of aryl methyl sites for hydroxylation is 2. The molecule has 0 aromatic heterocycles. The highest BCUT2D eigenvalue weighted by Gasteiger charge is 2.10. The van der Waals surface area contributed by atoms with Gasteiger partial charge in [-0.1, -0.05) is 104 Å². The van der Waals surface area contributed by atoms with Gasteiger partial charge in [0.25, 0.3) is 0 Å². The third-order valence-electron chi connectivity index (χ3n) is 7.10. The fourth-order valence-corrected chi connectivity index (χ4v) is 4.64. The smallest absolute Gasteiger partial charge is 0.323 e. The van der Waals surface area contributed by atoms with E-state index in [2.05, 4.69) is 86.8 Å². The minimum atomic E-state index is -0.252. The Morgan fingerprint density at radius 2 is 0.936 bits per heavy atom. The van der Waals surface area contributed by atoms with Crippen molar-refractivity contribution >= 4 is 35.2 Å².